The maximum Gasteiger partial charge on any atom is 0.241 e. The lowest BCUT2D eigenvalue weighted by atomic mass is 9.94. The van der Waals surface area contributed by atoms with Gasteiger partial charge in [0.05, 0.1) is 6.54 Å². The third-order valence-electron chi connectivity index (χ3n) is 2.55. The van der Waals surface area contributed by atoms with Gasteiger partial charge >= 0.3 is 0 Å². The van der Waals surface area contributed by atoms with Crippen molar-refractivity contribution in [1.82, 2.24) is 10.2 Å². The van der Waals surface area contributed by atoms with Crippen molar-refractivity contribution in [1.29, 1.82) is 0 Å². The van der Waals surface area contributed by atoms with Gasteiger partial charge in [-0.2, -0.15) is 0 Å². The number of carbonyl (C=O) groups excluding carboxylic acids is 2. The van der Waals surface area contributed by atoms with Crippen molar-refractivity contribution in [3.8, 4) is 0 Å². The lowest BCUT2D eigenvalue weighted by molar-refractivity contribution is -0.131. The first-order valence-corrected chi connectivity index (χ1v) is 6.03. The Hall–Kier alpha value is -1.10. The van der Waals surface area contributed by atoms with Gasteiger partial charge in [-0.05, 0) is 24.8 Å². The molecular weight excluding hydrogens is 218 g/mol. The van der Waals surface area contributed by atoms with E-state index in [4.69, 9.17) is 5.73 Å². The average Bonchev–Trinajstić information content (AvgIpc) is 2.23. The van der Waals surface area contributed by atoms with Crippen LogP contribution in [0.5, 0.6) is 0 Å². The molecule has 0 fully saturated rings. The zero-order valence-electron chi connectivity index (χ0n) is 11.3. The first-order valence-electron chi connectivity index (χ1n) is 6.03. The van der Waals surface area contributed by atoms with Crippen LogP contribution in [0, 0.1) is 11.8 Å². The molecule has 2 amide bonds. The lowest BCUT2D eigenvalue weighted by Crippen LogP contribution is -2.37. The minimum Gasteiger partial charge on any atom is -0.347 e. The molecule has 5 heteroatoms. The van der Waals surface area contributed by atoms with Crippen LogP contribution < -0.4 is 11.1 Å². The Bertz CT molecular complexity index is 252. The topological polar surface area (TPSA) is 75.4 Å². The van der Waals surface area contributed by atoms with E-state index in [2.05, 4.69) is 19.2 Å². The van der Waals surface area contributed by atoms with Crippen molar-refractivity contribution in [3.63, 3.8) is 0 Å². The largest absolute Gasteiger partial charge is 0.347 e. The van der Waals surface area contributed by atoms with Gasteiger partial charge in [0.1, 0.15) is 0 Å². The van der Waals surface area contributed by atoms with Crippen LogP contribution >= 0.6 is 0 Å². The maximum atomic E-state index is 11.6. The quantitative estimate of drug-likeness (QED) is 0.671. The van der Waals surface area contributed by atoms with Crippen LogP contribution in [0.3, 0.4) is 0 Å². The fraction of sp³-hybridized carbons (Fsp3) is 0.833. The van der Waals surface area contributed by atoms with Crippen LogP contribution in [0.2, 0.25) is 0 Å². The van der Waals surface area contributed by atoms with E-state index in [0.29, 0.717) is 18.9 Å². The standard InChI is InChI=1S/C12H25N3O2/c1-9(2)5-10(7-13)6-11(16)14-8-12(17)15(3)4/h9-10H,5-8,13H2,1-4H3,(H,14,16). The van der Waals surface area contributed by atoms with Gasteiger partial charge in [-0.3, -0.25) is 9.59 Å². The lowest BCUT2D eigenvalue weighted by Gasteiger charge is -2.17. The van der Waals surface area contributed by atoms with Crippen molar-refractivity contribution < 1.29 is 9.59 Å². The van der Waals surface area contributed by atoms with Crippen molar-refractivity contribution in [3.05, 3.63) is 0 Å². The molecule has 17 heavy (non-hydrogen) atoms. The summed E-state index contributed by atoms with van der Waals surface area (Å²) < 4.78 is 0. The molecule has 0 aromatic rings. The van der Waals surface area contributed by atoms with E-state index in [1.54, 1.807) is 14.1 Å². The number of carbonyl (C=O) groups is 2. The molecule has 0 bridgehead atoms. The number of likely N-dealkylation sites (N-methyl/N-ethyl adjacent to an activating group) is 1. The third-order valence-corrected chi connectivity index (χ3v) is 2.55. The van der Waals surface area contributed by atoms with Crippen molar-refractivity contribution in [2.24, 2.45) is 17.6 Å². The normalized spacial score (nSPS) is 12.4. The molecule has 0 saturated carbocycles. The highest BCUT2D eigenvalue weighted by Crippen LogP contribution is 2.13. The van der Waals surface area contributed by atoms with E-state index in [1.165, 1.54) is 4.90 Å². The van der Waals surface area contributed by atoms with Gasteiger partial charge < -0.3 is 16.0 Å². The fourth-order valence-electron chi connectivity index (χ4n) is 1.60. The molecule has 100 valence electrons. The number of amides is 2. The minimum absolute atomic E-state index is 0.0603. The van der Waals surface area contributed by atoms with Gasteiger partial charge in [-0.1, -0.05) is 13.8 Å². The Morgan fingerprint density at radius 3 is 2.29 bits per heavy atom. The Balaban J connectivity index is 3.95. The van der Waals surface area contributed by atoms with E-state index < -0.39 is 0 Å². The zero-order chi connectivity index (χ0) is 13.4. The molecule has 0 spiro atoms. The predicted molar refractivity (Wildman–Crippen MR) is 68.3 cm³/mol. The summed E-state index contributed by atoms with van der Waals surface area (Å²) in [5.74, 6) is 0.520. The van der Waals surface area contributed by atoms with E-state index in [0.717, 1.165) is 6.42 Å². The van der Waals surface area contributed by atoms with Crippen molar-refractivity contribution >= 4 is 11.8 Å². The predicted octanol–water partition coefficient (Wildman–Crippen LogP) is 0.202. The number of nitrogens with two attached hydrogens (primary N) is 1. The second-order valence-electron chi connectivity index (χ2n) is 5.00. The van der Waals surface area contributed by atoms with Crippen LogP contribution in [0.15, 0.2) is 0 Å². The molecule has 1 atom stereocenters. The van der Waals surface area contributed by atoms with Crippen molar-refractivity contribution in [2.75, 3.05) is 27.2 Å². The monoisotopic (exact) mass is 243 g/mol. The summed E-state index contributed by atoms with van der Waals surface area (Å²) in [5, 5.41) is 2.62. The first kappa shape index (κ1) is 15.9. The zero-order valence-corrected chi connectivity index (χ0v) is 11.3. The summed E-state index contributed by atoms with van der Waals surface area (Å²) in [4.78, 5) is 24.3. The SMILES string of the molecule is CC(C)CC(CN)CC(=O)NCC(=O)N(C)C. The van der Waals surface area contributed by atoms with Gasteiger partial charge in [0, 0.05) is 20.5 Å². The minimum atomic E-state index is -0.105. The molecule has 3 N–H and O–H groups in total. The first-order chi connectivity index (χ1) is 7.86. The van der Waals surface area contributed by atoms with Crippen LogP contribution in [0.1, 0.15) is 26.7 Å². The third kappa shape index (κ3) is 7.74. The smallest absolute Gasteiger partial charge is 0.241 e. The Morgan fingerprint density at radius 2 is 1.88 bits per heavy atom. The highest BCUT2D eigenvalue weighted by molar-refractivity contribution is 5.84. The Kier molecular flexibility index (Phi) is 7.54. The van der Waals surface area contributed by atoms with Crippen LogP contribution in [0.4, 0.5) is 0 Å². The number of nitrogens with one attached hydrogen (secondary N) is 1. The number of hydrogen-bond donors (Lipinski definition) is 2. The molecule has 0 heterocycles. The van der Waals surface area contributed by atoms with Crippen LogP contribution in [0.25, 0.3) is 0 Å². The highest BCUT2D eigenvalue weighted by atomic mass is 16.2. The number of rotatable bonds is 7. The van der Waals surface area contributed by atoms with E-state index in [9.17, 15) is 9.59 Å². The number of nitrogens with zero attached hydrogens (tertiary/aromatic N) is 1. The molecule has 0 radical (unpaired) electrons. The summed E-state index contributed by atoms with van der Waals surface area (Å²) in [6.45, 7) is 4.78. The van der Waals surface area contributed by atoms with Gasteiger partial charge in [0.25, 0.3) is 0 Å². The van der Waals surface area contributed by atoms with E-state index in [-0.39, 0.29) is 24.3 Å². The summed E-state index contributed by atoms with van der Waals surface area (Å²) in [7, 11) is 3.33. The molecule has 1 unspecified atom stereocenters. The molecule has 0 aliphatic carbocycles. The molecule has 0 rings (SSSR count). The van der Waals surface area contributed by atoms with Crippen LogP contribution in [-0.2, 0) is 9.59 Å². The van der Waals surface area contributed by atoms with Gasteiger partial charge in [-0.25, -0.2) is 0 Å². The number of hydrogen-bond acceptors (Lipinski definition) is 3. The molecular formula is C12H25N3O2. The van der Waals surface area contributed by atoms with Gasteiger partial charge in [0.2, 0.25) is 11.8 Å². The molecule has 0 aliphatic rings. The Morgan fingerprint density at radius 1 is 1.29 bits per heavy atom. The highest BCUT2D eigenvalue weighted by Gasteiger charge is 2.14. The van der Waals surface area contributed by atoms with E-state index in [1.807, 2.05) is 0 Å². The average molecular weight is 243 g/mol. The molecule has 0 saturated heterocycles. The summed E-state index contributed by atoms with van der Waals surface area (Å²) in [5.41, 5.74) is 5.62. The van der Waals surface area contributed by atoms with Crippen molar-refractivity contribution in [2.45, 2.75) is 26.7 Å². The summed E-state index contributed by atoms with van der Waals surface area (Å²) in [6.07, 6.45) is 1.33. The second-order valence-corrected chi connectivity index (χ2v) is 5.00. The van der Waals surface area contributed by atoms with Gasteiger partial charge in [-0.15, -0.1) is 0 Å². The fourth-order valence-corrected chi connectivity index (χ4v) is 1.60. The molecule has 0 aromatic carbocycles. The van der Waals surface area contributed by atoms with Crippen LogP contribution in [-0.4, -0.2) is 43.9 Å². The molecule has 0 aliphatic heterocycles. The summed E-state index contributed by atoms with van der Waals surface area (Å²) >= 11 is 0. The van der Waals surface area contributed by atoms with Gasteiger partial charge in [0.15, 0.2) is 0 Å². The second kappa shape index (κ2) is 8.06. The Labute approximate surface area is 104 Å². The molecule has 0 aromatic heterocycles. The van der Waals surface area contributed by atoms with E-state index >= 15 is 0 Å². The maximum absolute atomic E-state index is 11.6. The molecule has 5 nitrogen and oxygen atoms in total. The summed E-state index contributed by atoms with van der Waals surface area (Å²) in [6, 6.07) is 0.